The van der Waals surface area contributed by atoms with Crippen LogP contribution < -0.4 is 0 Å². The van der Waals surface area contributed by atoms with Crippen molar-refractivity contribution in [2.24, 2.45) is 0 Å². The average molecular weight is 297 g/mol. The number of benzene rings is 1. The quantitative estimate of drug-likeness (QED) is 0.704. The van der Waals surface area contributed by atoms with Crippen molar-refractivity contribution in [3.05, 3.63) is 29.0 Å². The third kappa shape index (κ3) is 2.15. The molecule has 1 aliphatic carbocycles. The molecule has 0 radical (unpaired) electrons. The number of hydrogen-bond donors (Lipinski definition) is 0. The number of fused-ring (bicyclic) bond motifs is 1. The molecule has 1 saturated carbocycles. The van der Waals surface area contributed by atoms with E-state index in [2.05, 4.69) is 16.5 Å². The third-order valence-electron chi connectivity index (χ3n) is 4.29. The Bertz CT molecular complexity index is 597. The fourth-order valence-electron chi connectivity index (χ4n) is 3.34. The molecular formula is C15H18Cl2N2. The Labute approximate surface area is 123 Å². The molecular weight excluding hydrogens is 279 g/mol. The molecule has 1 aliphatic rings. The van der Waals surface area contributed by atoms with Crippen LogP contribution in [0.2, 0.25) is 5.02 Å². The van der Waals surface area contributed by atoms with Gasteiger partial charge in [0.15, 0.2) is 0 Å². The summed E-state index contributed by atoms with van der Waals surface area (Å²) < 4.78 is 2.30. The van der Waals surface area contributed by atoms with Gasteiger partial charge in [0.05, 0.1) is 21.9 Å². The largest absolute Gasteiger partial charge is 0.320 e. The average Bonchev–Trinajstić information content (AvgIpc) is 2.80. The van der Waals surface area contributed by atoms with Crippen molar-refractivity contribution in [1.82, 2.24) is 9.55 Å². The lowest BCUT2D eigenvalue weighted by Crippen LogP contribution is -2.33. The summed E-state index contributed by atoms with van der Waals surface area (Å²) in [6, 6.07) is 5.90. The maximum atomic E-state index is 6.41. The molecule has 4 heteroatoms. The minimum absolute atomic E-state index is 0.0994. The predicted octanol–water partition coefficient (Wildman–Crippen LogP) is 5.11. The van der Waals surface area contributed by atoms with E-state index in [-0.39, 0.29) is 5.54 Å². The first kappa shape index (κ1) is 13.3. The van der Waals surface area contributed by atoms with E-state index in [4.69, 9.17) is 23.2 Å². The summed E-state index contributed by atoms with van der Waals surface area (Å²) >= 11 is 12.5. The SMILES string of the molecule is CC1(n2c(CCl)nc3cccc(Cl)c32)CCCCC1. The lowest BCUT2D eigenvalue weighted by Gasteiger charge is -2.37. The molecule has 102 valence electrons. The molecule has 3 rings (SSSR count). The third-order valence-corrected chi connectivity index (χ3v) is 4.83. The van der Waals surface area contributed by atoms with Gasteiger partial charge in [0, 0.05) is 5.54 Å². The zero-order chi connectivity index (χ0) is 13.5. The van der Waals surface area contributed by atoms with Gasteiger partial charge in [0.2, 0.25) is 0 Å². The Morgan fingerprint density at radius 2 is 2.00 bits per heavy atom. The Hall–Kier alpha value is -0.730. The number of halogens is 2. The molecule has 0 N–H and O–H groups in total. The molecule has 0 bridgehead atoms. The normalized spacial score (nSPS) is 18.9. The van der Waals surface area contributed by atoms with E-state index in [1.54, 1.807) is 0 Å². The number of imidazole rings is 1. The van der Waals surface area contributed by atoms with Crippen LogP contribution >= 0.6 is 23.2 Å². The van der Waals surface area contributed by atoms with Crippen molar-refractivity contribution in [3.63, 3.8) is 0 Å². The molecule has 0 saturated heterocycles. The summed E-state index contributed by atoms with van der Waals surface area (Å²) in [6.07, 6.45) is 6.21. The van der Waals surface area contributed by atoms with Crippen LogP contribution in [0.3, 0.4) is 0 Å². The lowest BCUT2D eigenvalue weighted by molar-refractivity contribution is 0.220. The predicted molar refractivity (Wildman–Crippen MR) is 81.0 cm³/mol. The first-order valence-corrected chi connectivity index (χ1v) is 7.79. The number of rotatable bonds is 2. The van der Waals surface area contributed by atoms with Gasteiger partial charge in [-0.1, -0.05) is 36.9 Å². The molecule has 0 aliphatic heterocycles. The number of alkyl halides is 1. The van der Waals surface area contributed by atoms with E-state index in [9.17, 15) is 0 Å². The van der Waals surface area contributed by atoms with Crippen LogP contribution in [0.15, 0.2) is 18.2 Å². The van der Waals surface area contributed by atoms with E-state index in [1.807, 2.05) is 18.2 Å². The first-order valence-electron chi connectivity index (χ1n) is 6.88. The topological polar surface area (TPSA) is 17.8 Å². The van der Waals surface area contributed by atoms with E-state index in [0.717, 1.165) is 21.9 Å². The summed E-state index contributed by atoms with van der Waals surface area (Å²) in [4.78, 5) is 4.66. The van der Waals surface area contributed by atoms with Crippen molar-refractivity contribution < 1.29 is 0 Å². The summed E-state index contributed by atoms with van der Waals surface area (Å²) in [6.45, 7) is 2.31. The maximum Gasteiger partial charge on any atom is 0.125 e. The van der Waals surface area contributed by atoms with Gasteiger partial charge in [-0.05, 0) is 31.9 Å². The number of para-hydroxylation sites is 1. The molecule has 0 unspecified atom stereocenters. The second kappa shape index (κ2) is 4.99. The van der Waals surface area contributed by atoms with Gasteiger partial charge < -0.3 is 4.57 Å². The molecule has 2 aromatic rings. The van der Waals surface area contributed by atoms with Crippen LogP contribution in [-0.4, -0.2) is 9.55 Å². The highest BCUT2D eigenvalue weighted by Gasteiger charge is 2.32. The van der Waals surface area contributed by atoms with Crippen molar-refractivity contribution >= 4 is 34.2 Å². The number of aromatic nitrogens is 2. The van der Waals surface area contributed by atoms with Gasteiger partial charge in [-0.15, -0.1) is 11.6 Å². The molecule has 0 spiro atoms. The summed E-state index contributed by atoms with van der Waals surface area (Å²) in [7, 11) is 0. The van der Waals surface area contributed by atoms with Crippen LogP contribution in [0.4, 0.5) is 0 Å². The van der Waals surface area contributed by atoms with Gasteiger partial charge >= 0.3 is 0 Å². The molecule has 0 amide bonds. The second-order valence-electron chi connectivity index (χ2n) is 5.66. The van der Waals surface area contributed by atoms with Crippen molar-refractivity contribution in [2.75, 3.05) is 0 Å². The summed E-state index contributed by atoms with van der Waals surface area (Å²) in [5.41, 5.74) is 2.10. The van der Waals surface area contributed by atoms with Crippen LogP contribution in [0.25, 0.3) is 11.0 Å². The smallest absolute Gasteiger partial charge is 0.125 e. The van der Waals surface area contributed by atoms with Crippen LogP contribution in [0.5, 0.6) is 0 Å². The highest BCUT2D eigenvalue weighted by atomic mass is 35.5. The molecule has 1 aromatic carbocycles. The van der Waals surface area contributed by atoms with Gasteiger partial charge in [-0.25, -0.2) is 4.98 Å². The highest BCUT2D eigenvalue weighted by molar-refractivity contribution is 6.35. The van der Waals surface area contributed by atoms with Crippen LogP contribution in [0.1, 0.15) is 44.9 Å². The van der Waals surface area contributed by atoms with Crippen molar-refractivity contribution in [2.45, 2.75) is 50.4 Å². The fraction of sp³-hybridized carbons (Fsp3) is 0.533. The second-order valence-corrected chi connectivity index (χ2v) is 6.34. The monoisotopic (exact) mass is 296 g/mol. The lowest BCUT2D eigenvalue weighted by atomic mass is 9.83. The van der Waals surface area contributed by atoms with E-state index in [1.165, 1.54) is 32.1 Å². The van der Waals surface area contributed by atoms with Gasteiger partial charge in [-0.3, -0.25) is 0 Å². The summed E-state index contributed by atoms with van der Waals surface area (Å²) in [5.74, 6) is 1.37. The molecule has 1 aromatic heterocycles. The Morgan fingerprint density at radius 3 is 2.68 bits per heavy atom. The fourth-order valence-corrected chi connectivity index (χ4v) is 3.78. The molecule has 1 heterocycles. The number of hydrogen-bond acceptors (Lipinski definition) is 1. The highest BCUT2D eigenvalue weighted by Crippen LogP contribution is 2.39. The first-order chi connectivity index (χ1) is 9.15. The Balaban J connectivity index is 2.25. The summed E-state index contributed by atoms with van der Waals surface area (Å²) in [5, 5.41) is 0.771. The minimum Gasteiger partial charge on any atom is -0.320 e. The van der Waals surface area contributed by atoms with Gasteiger partial charge in [0.25, 0.3) is 0 Å². The number of nitrogens with zero attached hydrogens (tertiary/aromatic N) is 2. The van der Waals surface area contributed by atoms with Crippen molar-refractivity contribution in [1.29, 1.82) is 0 Å². The zero-order valence-corrected chi connectivity index (χ0v) is 12.6. The molecule has 2 nitrogen and oxygen atoms in total. The molecule has 1 fully saturated rings. The van der Waals surface area contributed by atoms with Crippen molar-refractivity contribution in [3.8, 4) is 0 Å². The molecule has 0 atom stereocenters. The van der Waals surface area contributed by atoms with E-state index < -0.39 is 0 Å². The van der Waals surface area contributed by atoms with Gasteiger partial charge in [-0.2, -0.15) is 0 Å². The van der Waals surface area contributed by atoms with E-state index >= 15 is 0 Å². The van der Waals surface area contributed by atoms with E-state index in [0.29, 0.717) is 5.88 Å². The zero-order valence-electron chi connectivity index (χ0n) is 11.1. The minimum atomic E-state index is 0.0994. The van der Waals surface area contributed by atoms with Gasteiger partial charge in [0.1, 0.15) is 5.82 Å². The standard InChI is InChI=1S/C15H18Cl2N2/c1-15(8-3-2-4-9-15)19-13(10-16)18-12-7-5-6-11(17)14(12)19/h5-7H,2-4,8-10H2,1H3. The Kier molecular flexibility index (Phi) is 3.48. The maximum absolute atomic E-state index is 6.41. The Morgan fingerprint density at radius 1 is 1.26 bits per heavy atom. The van der Waals surface area contributed by atoms with Crippen LogP contribution in [0, 0.1) is 0 Å². The van der Waals surface area contributed by atoms with Crippen LogP contribution in [-0.2, 0) is 11.4 Å². The molecule has 19 heavy (non-hydrogen) atoms.